The lowest BCUT2D eigenvalue weighted by Crippen LogP contribution is -2.31. The molecule has 7 aromatic carbocycles. The van der Waals surface area contributed by atoms with Crippen molar-refractivity contribution < 1.29 is 28.5 Å². The second kappa shape index (κ2) is 14.7. The largest absolute Gasteiger partial charge is 0.458 e. The smallest absolute Gasteiger partial charge is 0.269 e. The van der Waals surface area contributed by atoms with Gasteiger partial charge in [0.15, 0.2) is 0 Å². The molecule has 5 heteroatoms. The molecule has 10 rings (SSSR count). The van der Waals surface area contributed by atoms with E-state index in [9.17, 15) is 2.74 Å². The van der Waals surface area contributed by atoms with Crippen LogP contribution in [0.1, 0.15) is 51.4 Å². The van der Waals surface area contributed by atoms with E-state index in [1.165, 1.54) is 0 Å². The molecule has 0 aliphatic heterocycles. The Hall–Kier alpha value is -7.24. The Labute approximate surface area is 358 Å². The monoisotopic (exact) mass is 764 g/mol. The van der Waals surface area contributed by atoms with Crippen LogP contribution < -0.4 is 9.30 Å². The molecule has 0 spiro atoms. The quantitative estimate of drug-likeness (QED) is 0.108. The van der Waals surface area contributed by atoms with Crippen LogP contribution in [-0.4, -0.2) is 14.1 Å². The van der Waals surface area contributed by atoms with Gasteiger partial charge in [-0.05, 0) is 88.1 Å². The SMILES string of the molecule is [2H]c1nc(-n2c3ccccc3c3ccc(Oc4cccc(-n5[c-][n+](-c6c(-c7c([2H])c([2H])c([2H])c([2H])c7[2H])cccc6-c6c([2H])c([2H])c([2H])c([2H])c6[2H])c6ccccc65)c4)cc32)c([2H])c(C([2H])(C)C(C)C)c1[2H]. The van der Waals surface area contributed by atoms with Crippen LogP contribution >= 0.6 is 0 Å². The number of aromatic nitrogens is 4. The zero-order valence-corrected chi connectivity index (χ0v) is 31.7. The van der Waals surface area contributed by atoms with Gasteiger partial charge in [0, 0.05) is 24.4 Å². The molecule has 3 aromatic heterocycles. The third kappa shape index (κ3) is 6.22. The molecule has 0 aliphatic carbocycles. The first-order valence-corrected chi connectivity index (χ1v) is 18.8. The number of ether oxygens (including phenoxy) is 1. The molecule has 1 atom stereocenters. The summed E-state index contributed by atoms with van der Waals surface area (Å²) in [6.07, 6.45) is 3.05. The van der Waals surface area contributed by atoms with E-state index in [1.54, 1.807) is 69.2 Å². The van der Waals surface area contributed by atoms with E-state index in [0.29, 0.717) is 39.3 Å². The summed E-state index contributed by atoms with van der Waals surface area (Å²) in [5, 5.41) is 1.67. The third-order valence-electron chi connectivity index (χ3n) is 10.4. The summed E-state index contributed by atoms with van der Waals surface area (Å²) in [5.74, 6) is -0.702. The van der Waals surface area contributed by atoms with E-state index in [2.05, 4.69) is 11.3 Å². The van der Waals surface area contributed by atoms with Crippen LogP contribution in [0.5, 0.6) is 11.5 Å². The topological polar surface area (TPSA) is 35.9 Å². The number of rotatable bonds is 9. The molecule has 58 heavy (non-hydrogen) atoms. The second-order valence-corrected chi connectivity index (χ2v) is 14.1. The van der Waals surface area contributed by atoms with Crippen molar-refractivity contribution >= 4 is 32.8 Å². The van der Waals surface area contributed by atoms with Gasteiger partial charge >= 0.3 is 0 Å². The van der Waals surface area contributed by atoms with E-state index in [-0.39, 0.29) is 63.5 Å². The highest BCUT2D eigenvalue weighted by Gasteiger charge is 2.21. The molecule has 10 aromatic rings. The summed E-state index contributed by atoms with van der Waals surface area (Å²) in [6, 6.07) is 26.3. The summed E-state index contributed by atoms with van der Waals surface area (Å²) in [6.45, 7) is 5.35. The minimum atomic E-state index is -1.36. The molecule has 0 fully saturated rings. The maximum absolute atomic E-state index is 9.39. The van der Waals surface area contributed by atoms with Crippen molar-refractivity contribution in [1.29, 1.82) is 0 Å². The van der Waals surface area contributed by atoms with Crippen LogP contribution in [0.25, 0.3) is 72.3 Å². The maximum Gasteiger partial charge on any atom is 0.269 e. The zero-order chi connectivity index (χ0) is 51.4. The van der Waals surface area contributed by atoms with Gasteiger partial charge in [-0.2, -0.15) is 0 Å². The van der Waals surface area contributed by atoms with Crippen LogP contribution in [0, 0.1) is 12.2 Å². The molecule has 1 unspecified atom stereocenters. The average molecular weight is 765 g/mol. The molecule has 0 radical (unpaired) electrons. The average Bonchev–Trinajstić information content (AvgIpc) is 3.91. The van der Waals surface area contributed by atoms with Gasteiger partial charge in [0.05, 0.1) is 51.3 Å². The first kappa shape index (κ1) is 23.1. The van der Waals surface area contributed by atoms with Crippen molar-refractivity contribution in [2.45, 2.75) is 26.7 Å². The van der Waals surface area contributed by atoms with Crippen LogP contribution in [0.15, 0.2) is 188 Å². The highest BCUT2D eigenvalue weighted by molar-refractivity contribution is 6.09. The van der Waals surface area contributed by atoms with Gasteiger partial charge in [-0.1, -0.05) is 148 Å². The standard InChI is InChI=1S/C53H42N4O/c1-36(2)37(3)40-30-31-54-52(32-40)57-48-25-11-10-22-46(48)47-29-28-43(34-51(47)57)58-42-21-14-20-41(33-42)55-35-56(50-27-13-12-26-49(50)55)53-44(38-16-6-4-7-17-38)23-15-24-45(53)39-18-8-5-9-19-39/h4-34,36-37H,1-3H3/i4D,5D,6D,7D,8D,9D,16D,17D,18D,19D,30D,31D,32D,37D. The minimum Gasteiger partial charge on any atom is -0.458 e. The summed E-state index contributed by atoms with van der Waals surface area (Å²) in [4.78, 5) is 4.48. The van der Waals surface area contributed by atoms with Gasteiger partial charge < -0.3 is 4.74 Å². The summed E-state index contributed by atoms with van der Waals surface area (Å²) in [7, 11) is 0. The van der Waals surface area contributed by atoms with Gasteiger partial charge in [-0.25, -0.2) is 4.98 Å². The molecule has 280 valence electrons. The highest BCUT2D eigenvalue weighted by Crippen LogP contribution is 2.37. The number of hydrogen-bond acceptors (Lipinski definition) is 2. The normalized spacial score (nSPS) is 16.1. The van der Waals surface area contributed by atoms with Crippen LogP contribution in [-0.2, 0) is 0 Å². The summed E-state index contributed by atoms with van der Waals surface area (Å²) in [5.41, 5.74) is 3.15. The van der Waals surface area contributed by atoms with Crippen molar-refractivity contribution in [2.24, 2.45) is 5.92 Å². The van der Waals surface area contributed by atoms with Crippen molar-refractivity contribution in [3.63, 3.8) is 0 Å². The Morgan fingerprint density at radius 1 is 0.655 bits per heavy atom. The first-order chi connectivity index (χ1) is 34.2. The highest BCUT2D eigenvalue weighted by atomic mass is 16.5. The van der Waals surface area contributed by atoms with Crippen molar-refractivity contribution in [1.82, 2.24) is 14.1 Å². The van der Waals surface area contributed by atoms with Crippen molar-refractivity contribution in [2.75, 3.05) is 0 Å². The maximum atomic E-state index is 9.39. The summed E-state index contributed by atoms with van der Waals surface area (Å²) >= 11 is 0. The second-order valence-electron chi connectivity index (χ2n) is 14.1. The fourth-order valence-electron chi connectivity index (χ4n) is 7.34. The number of nitrogens with zero attached hydrogens (tertiary/aromatic N) is 4. The predicted molar refractivity (Wildman–Crippen MR) is 236 cm³/mol. The van der Waals surface area contributed by atoms with Crippen molar-refractivity contribution in [3.05, 3.63) is 200 Å². The molecule has 0 N–H and O–H groups in total. The number of para-hydroxylation sites is 4. The van der Waals surface area contributed by atoms with Gasteiger partial charge in [0.2, 0.25) is 0 Å². The Morgan fingerprint density at radius 3 is 2.05 bits per heavy atom. The first-order valence-electron chi connectivity index (χ1n) is 25.8. The minimum absolute atomic E-state index is 0.112. The van der Waals surface area contributed by atoms with E-state index < -0.39 is 66.3 Å². The molecule has 0 saturated heterocycles. The molecule has 0 aliphatic rings. The third-order valence-corrected chi connectivity index (χ3v) is 10.4. The lowest BCUT2D eigenvalue weighted by atomic mass is 9.91. The number of hydrogen-bond donors (Lipinski definition) is 0. The molecule has 3 heterocycles. The lowest BCUT2D eigenvalue weighted by molar-refractivity contribution is -0.571. The van der Waals surface area contributed by atoms with Crippen LogP contribution in [0.2, 0.25) is 0 Å². The van der Waals surface area contributed by atoms with Gasteiger partial charge in [0.1, 0.15) is 17.3 Å². The number of benzene rings is 7. The van der Waals surface area contributed by atoms with Gasteiger partial charge in [0.25, 0.3) is 6.33 Å². The number of fused-ring (bicyclic) bond motifs is 4. The molecule has 0 amide bonds. The number of pyridine rings is 1. The molecule has 5 nitrogen and oxygen atoms in total. The molecular weight excluding hydrogens is 709 g/mol. The van der Waals surface area contributed by atoms with Crippen LogP contribution in [0.3, 0.4) is 0 Å². The number of imidazole rings is 1. The fraction of sp³-hybridized carbons (Fsp3) is 0.0943. The van der Waals surface area contributed by atoms with E-state index in [1.807, 2.05) is 74.5 Å². The van der Waals surface area contributed by atoms with Gasteiger partial charge in [-0.15, -0.1) is 0 Å². The zero-order valence-electron chi connectivity index (χ0n) is 45.7. The molecular formula is C53H42N4O. The fourth-order valence-corrected chi connectivity index (χ4v) is 7.34. The Bertz CT molecular complexity index is 3770. The van der Waals surface area contributed by atoms with Crippen molar-refractivity contribution in [3.8, 4) is 50.9 Å². The van der Waals surface area contributed by atoms with E-state index in [0.717, 1.165) is 10.8 Å². The summed E-state index contributed by atoms with van der Waals surface area (Å²) < 4.78 is 135. The lowest BCUT2D eigenvalue weighted by Gasteiger charge is -2.17. The van der Waals surface area contributed by atoms with E-state index in [4.69, 9.17) is 21.2 Å². The predicted octanol–water partition coefficient (Wildman–Crippen LogP) is 13.1. The Balaban J connectivity index is 1.15. The molecule has 0 saturated carbocycles. The van der Waals surface area contributed by atoms with Crippen LogP contribution in [0.4, 0.5) is 0 Å². The Kier molecular flexibility index (Phi) is 5.85. The Morgan fingerprint density at radius 2 is 1.31 bits per heavy atom. The molecule has 0 bridgehead atoms. The van der Waals surface area contributed by atoms with Gasteiger partial charge in [-0.3, -0.25) is 13.7 Å². The van der Waals surface area contributed by atoms with E-state index >= 15 is 0 Å².